The van der Waals surface area contributed by atoms with Gasteiger partial charge in [0, 0.05) is 18.4 Å². The Morgan fingerprint density at radius 3 is 2.69 bits per heavy atom. The van der Waals surface area contributed by atoms with Crippen LogP contribution < -0.4 is 5.73 Å². The van der Waals surface area contributed by atoms with E-state index in [4.69, 9.17) is 5.73 Å². The molecule has 13 heavy (non-hydrogen) atoms. The topological polar surface area (TPSA) is 38.9 Å². The van der Waals surface area contributed by atoms with Crippen molar-refractivity contribution < 1.29 is 0 Å². The summed E-state index contributed by atoms with van der Waals surface area (Å²) in [5, 5.41) is 0. The van der Waals surface area contributed by atoms with E-state index in [9.17, 15) is 0 Å². The number of hydrogen-bond donors (Lipinski definition) is 1. The summed E-state index contributed by atoms with van der Waals surface area (Å²) in [6.07, 6.45) is 5.49. The number of nitrogens with zero attached hydrogens (tertiary/aromatic N) is 1. The Morgan fingerprint density at radius 2 is 2.15 bits per heavy atom. The maximum absolute atomic E-state index is 5.97. The molecule has 0 aliphatic rings. The highest BCUT2D eigenvalue weighted by Gasteiger charge is 2.04. The lowest BCUT2D eigenvalue weighted by atomic mass is 10.0. The van der Waals surface area contributed by atoms with E-state index in [2.05, 4.69) is 11.6 Å². The molecular formula is C11H16N2. The van der Waals surface area contributed by atoms with Gasteiger partial charge >= 0.3 is 0 Å². The van der Waals surface area contributed by atoms with Crippen LogP contribution >= 0.6 is 0 Å². The molecule has 1 rings (SSSR count). The molecule has 70 valence electrons. The highest BCUT2D eigenvalue weighted by molar-refractivity contribution is 5.14. The largest absolute Gasteiger partial charge is 0.324 e. The van der Waals surface area contributed by atoms with Crippen LogP contribution in [0.25, 0.3) is 0 Å². The predicted molar refractivity (Wildman–Crippen MR) is 55.2 cm³/mol. The summed E-state index contributed by atoms with van der Waals surface area (Å²) in [5.41, 5.74) is 8.31. The van der Waals surface area contributed by atoms with E-state index in [1.54, 1.807) is 12.4 Å². The van der Waals surface area contributed by atoms with Crippen molar-refractivity contribution in [2.75, 3.05) is 0 Å². The van der Waals surface area contributed by atoms with Gasteiger partial charge in [-0.1, -0.05) is 5.57 Å². The zero-order chi connectivity index (χ0) is 9.68. The van der Waals surface area contributed by atoms with E-state index in [0.717, 1.165) is 18.4 Å². The molecule has 2 nitrogen and oxygen atoms in total. The molecule has 1 atom stereocenters. The van der Waals surface area contributed by atoms with Crippen LogP contribution in [-0.2, 0) is 0 Å². The van der Waals surface area contributed by atoms with Crippen molar-refractivity contribution in [2.45, 2.75) is 25.8 Å². The molecular weight excluding hydrogens is 160 g/mol. The van der Waals surface area contributed by atoms with Crippen molar-refractivity contribution in [3.8, 4) is 0 Å². The van der Waals surface area contributed by atoms with E-state index in [1.807, 2.05) is 19.1 Å². The van der Waals surface area contributed by atoms with Crippen molar-refractivity contribution in [3.63, 3.8) is 0 Å². The molecule has 1 aromatic heterocycles. The molecule has 2 heteroatoms. The number of aromatic nitrogens is 1. The average Bonchev–Trinajstić information content (AvgIpc) is 2.15. The fourth-order valence-electron chi connectivity index (χ4n) is 1.18. The molecule has 0 aromatic carbocycles. The first-order valence-electron chi connectivity index (χ1n) is 4.50. The quantitative estimate of drug-likeness (QED) is 0.716. The first-order chi connectivity index (χ1) is 6.20. The molecule has 1 aromatic rings. The van der Waals surface area contributed by atoms with Crippen LogP contribution in [0.3, 0.4) is 0 Å². The lowest BCUT2D eigenvalue weighted by molar-refractivity contribution is 0.648. The summed E-state index contributed by atoms with van der Waals surface area (Å²) in [6, 6.07) is 4.03. The fraction of sp³-hybridized carbons (Fsp3) is 0.364. The summed E-state index contributed by atoms with van der Waals surface area (Å²) >= 11 is 0. The summed E-state index contributed by atoms with van der Waals surface area (Å²) in [7, 11) is 0. The molecule has 1 heterocycles. The Balaban J connectivity index is 2.49. The third-order valence-corrected chi connectivity index (χ3v) is 2.02. The molecule has 0 aliphatic carbocycles. The van der Waals surface area contributed by atoms with Crippen LogP contribution in [0.5, 0.6) is 0 Å². The van der Waals surface area contributed by atoms with Gasteiger partial charge in [0.1, 0.15) is 0 Å². The van der Waals surface area contributed by atoms with E-state index >= 15 is 0 Å². The summed E-state index contributed by atoms with van der Waals surface area (Å²) in [6.45, 7) is 5.88. The number of nitrogens with two attached hydrogens (primary N) is 1. The summed E-state index contributed by atoms with van der Waals surface area (Å²) < 4.78 is 0. The Kier molecular flexibility index (Phi) is 3.65. The Bertz CT molecular complexity index is 267. The van der Waals surface area contributed by atoms with Crippen LogP contribution in [0.1, 0.15) is 31.4 Å². The van der Waals surface area contributed by atoms with Gasteiger partial charge in [-0.3, -0.25) is 4.98 Å². The van der Waals surface area contributed by atoms with Crippen LogP contribution in [0.15, 0.2) is 36.7 Å². The number of rotatable bonds is 4. The zero-order valence-electron chi connectivity index (χ0n) is 8.03. The van der Waals surface area contributed by atoms with Crippen molar-refractivity contribution >= 4 is 0 Å². The minimum absolute atomic E-state index is 0.111. The molecule has 0 radical (unpaired) electrons. The SMILES string of the molecule is C=C(C)CCC(N)c1ccncc1. The van der Waals surface area contributed by atoms with E-state index in [1.165, 1.54) is 5.57 Å². The second-order valence-corrected chi connectivity index (χ2v) is 3.38. The van der Waals surface area contributed by atoms with Crippen molar-refractivity contribution in [2.24, 2.45) is 5.73 Å². The minimum atomic E-state index is 0.111. The normalized spacial score (nSPS) is 12.5. The molecule has 0 aliphatic heterocycles. The van der Waals surface area contributed by atoms with Crippen LogP contribution in [0, 0.1) is 0 Å². The van der Waals surface area contributed by atoms with Crippen LogP contribution in [0.2, 0.25) is 0 Å². The Morgan fingerprint density at radius 1 is 1.54 bits per heavy atom. The second-order valence-electron chi connectivity index (χ2n) is 3.38. The van der Waals surface area contributed by atoms with Gasteiger partial charge in [0.05, 0.1) is 0 Å². The first-order valence-corrected chi connectivity index (χ1v) is 4.50. The smallest absolute Gasteiger partial charge is 0.0299 e. The Labute approximate surface area is 79.5 Å². The van der Waals surface area contributed by atoms with Gasteiger partial charge < -0.3 is 5.73 Å². The number of allylic oxidation sites excluding steroid dienone is 1. The third kappa shape index (κ3) is 3.38. The van der Waals surface area contributed by atoms with E-state index in [0.29, 0.717) is 0 Å². The molecule has 0 amide bonds. The molecule has 0 spiro atoms. The van der Waals surface area contributed by atoms with Gasteiger partial charge in [-0.2, -0.15) is 0 Å². The number of pyridine rings is 1. The van der Waals surface area contributed by atoms with E-state index < -0.39 is 0 Å². The van der Waals surface area contributed by atoms with Crippen LogP contribution in [-0.4, -0.2) is 4.98 Å². The summed E-state index contributed by atoms with van der Waals surface area (Å²) in [4.78, 5) is 3.95. The van der Waals surface area contributed by atoms with Crippen molar-refractivity contribution in [1.82, 2.24) is 4.98 Å². The fourth-order valence-corrected chi connectivity index (χ4v) is 1.18. The average molecular weight is 176 g/mol. The first kappa shape index (κ1) is 9.93. The third-order valence-electron chi connectivity index (χ3n) is 2.02. The second kappa shape index (κ2) is 4.77. The highest BCUT2D eigenvalue weighted by atomic mass is 14.6. The lowest BCUT2D eigenvalue weighted by Crippen LogP contribution is -2.09. The zero-order valence-corrected chi connectivity index (χ0v) is 8.03. The van der Waals surface area contributed by atoms with Crippen molar-refractivity contribution in [1.29, 1.82) is 0 Å². The standard InChI is InChI=1S/C11H16N2/c1-9(2)3-4-11(12)10-5-7-13-8-6-10/h5-8,11H,1,3-4,12H2,2H3. The van der Waals surface area contributed by atoms with Gasteiger partial charge in [0.25, 0.3) is 0 Å². The maximum atomic E-state index is 5.97. The molecule has 0 saturated heterocycles. The summed E-state index contributed by atoms with van der Waals surface area (Å²) in [5.74, 6) is 0. The molecule has 0 bridgehead atoms. The highest BCUT2D eigenvalue weighted by Crippen LogP contribution is 2.16. The lowest BCUT2D eigenvalue weighted by Gasteiger charge is -2.10. The monoisotopic (exact) mass is 176 g/mol. The minimum Gasteiger partial charge on any atom is -0.324 e. The molecule has 2 N–H and O–H groups in total. The van der Waals surface area contributed by atoms with Gasteiger partial charge in [0.15, 0.2) is 0 Å². The molecule has 0 fully saturated rings. The van der Waals surface area contributed by atoms with Gasteiger partial charge in [-0.15, -0.1) is 6.58 Å². The maximum Gasteiger partial charge on any atom is 0.0299 e. The molecule has 0 saturated carbocycles. The van der Waals surface area contributed by atoms with Crippen molar-refractivity contribution in [3.05, 3.63) is 42.2 Å². The van der Waals surface area contributed by atoms with Crippen LogP contribution in [0.4, 0.5) is 0 Å². The predicted octanol–water partition coefficient (Wildman–Crippen LogP) is 2.44. The number of hydrogen-bond acceptors (Lipinski definition) is 2. The Hall–Kier alpha value is -1.15. The molecule has 1 unspecified atom stereocenters. The van der Waals surface area contributed by atoms with Gasteiger partial charge in [0.2, 0.25) is 0 Å². The van der Waals surface area contributed by atoms with Gasteiger partial charge in [-0.25, -0.2) is 0 Å². The van der Waals surface area contributed by atoms with Gasteiger partial charge in [-0.05, 0) is 37.5 Å². The van der Waals surface area contributed by atoms with E-state index in [-0.39, 0.29) is 6.04 Å².